The van der Waals surface area contributed by atoms with Crippen LogP contribution in [0.1, 0.15) is 11.1 Å². The van der Waals surface area contributed by atoms with E-state index in [2.05, 4.69) is 27.2 Å². The third kappa shape index (κ3) is 4.59. The molecule has 0 saturated heterocycles. The molecule has 1 aliphatic rings. The third-order valence-electron chi connectivity index (χ3n) is 5.77. The summed E-state index contributed by atoms with van der Waals surface area (Å²) >= 11 is 13.1. The highest BCUT2D eigenvalue weighted by atomic mass is 35.5. The monoisotopic (exact) mass is 528 g/mol. The van der Waals surface area contributed by atoms with Gasteiger partial charge in [0.05, 0.1) is 37.8 Å². The first kappa shape index (κ1) is 25.4. The number of benzene rings is 2. The van der Waals surface area contributed by atoms with Crippen molar-refractivity contribution in [3.8, 4) is 11.5 Å². The normalized spacial score (nSPS) is 12.8. The van der Waals surface area contributed by atoms with Crippen molar-refractivity contribution in [2.45, 2.75) is 13.5 Å². The van der Waals surface area contributed by atoms with Crippen LogP contribution in [0.5, 0.6) is 11.5 Å². The number of ether oxygens (including phenoxy) is 2. The number of hydrogen-bond donors (Lipinski definition) is 2. The fourth-order valence-corrected chi connectivity index (χ4v) is 4.63. The summed E-state index contributed by atoms with van der Waals surface area (Å²) in [5.41, 5.74) is 3.75. The van der Waals surface area contributed by atoms with Crippen LogP contribution in [0.3, 0.4) is 0 Å². The zero-order chi connectivity index (χ0) is 26.0. The number of rotatable bonds is 8. The van der Waals surface area contributed by atoms with Crippen molar-refractivity contribution in [2.75, 3.05) is 48.2 Å². The van der Waals surface area contributed by atoms with Gasteiger partial charge in [-0.25, -0.2) is 9.78 Å². The van der Waals surface area contributed by atoms with Gasteiger partial charge in [-0.15, -0.1) is 6.58 Å². The van der Waals surface area contributed by atoms with Crippen molar-refractivity contribution in [3.63, 3.8) is 0 Å². The van der Waals surface area contributed by atoms with Gasteiger partial charge in [-0.1, -0.05) is 41.4 Å². The number of urea groups is 1. The number of para-hydroxylation sites is 1. The summed E-state index contributed by atoms with van der Waals surface area (Å²) in [5, 5.41) is 6.98. The molecule has 1 aromatic heterocycles. The lowest BCUT2D eigenvalue weighted by molar-refractivity contribution is 0.251. The van der Waals surface area contributed by atoms with Gasteiger partial charge in [-0.2, -0.15) is 4.98 Å². The van der Waals surface area contributed by atoms with Gasteiger partial charge in [0.1, 0.15) is 27.4 Å². The minimum Gasteiger partial charge on any atom is -0.495 e. The zero-order valence-electron chi connectivity index (χ0n) is 20.4. The van der Waals surface area contributed by atoms with E-state index >= 15 is 0 Å². The van der Waals surface area contributed by atoms with Crippen molar-refractivity contribution in [1.82, 2.24) is 9.97 Å². The molecule has 0 aliphatic carbocycles. The molecule has 1 aliphatic heterocycles. The Morgan fingerprint density at radius 3 is 2.53 bits per heavy atom. The highest BCUT2D eigenvalue weighted by Gasteiger charge is 2.35. The molecule has 0 saturated carbocycles. The van der Waals surface area contributed by atoms with Crippen molar-refractivity contribution in [3.05, 3.63) is 64.3 Å². The lowest BCUT2D eigenvalue weighted by Gasteiger charge is -2.35. The number of halogens is 2. The molecule has 0 atom stereocenters. The first-order valence-electron chi connectivity index (χ1n) is 11.0. The number of aromatic nitrogens is 2. The van der Waals surface area contributed by atoms with Crippen molar-refractivity contribution in [2.24, 2.45) is 0 Å². The number of nitrogens with one attached hydrogen (secondary N) is 2. The van der Waals surface area contributed by atoms with E-state index in [0.717, 1.165) is 16.9 Å². The van der Waals surface area contributed by atoms with E-state index in [1.54, 1.807) is 25.4 Å². The molecule has 0 fully saturated rings. The Labute approximate surface area is 219 Å². The van der Waals surface area contributed by atoms with Crippen LogP contribution in [-0.4, -0.2) is 43.8 Å². The minimum atomic E-state index is -0.365. The van der Waals surface area contributed by atoms with E-state index in [-0.39, 0.29) is 28.3 Å². The van der Waals surface area contributed by atoms with Crippen LogP contribution in [-0.2, 0) is 6.54 Å². The van der Waals surface area contributed by atoms with Gasteiger partial charge < -0.3 is 20.1 Å². The van der Waals surface area contributed by atoms with Crippen LogP contribution in [0.2, 0.25) is 10.0 Å². The van der Waals surface area contributed by atoms with Gasteiger partial charge in [-0.05, 0) is 18.6 Å². The second-order valence-corrected chi connectivity index (χ2v) is 8.78. The quantitative estimate of drug-likeness (QED) is 0.345. The number of hydrogen-bond acceptors (Lipinski definition) is 7. The van der Waals surface area contributed by atoms with E-state index in [1.807, 2.05) is 25.1 Å². The smallest absolute Gasteiger partial charge is 0.330 e. The number of aryl methyl sites for hydroxylation is 1. The summed E-state index contributed by atoms with van der Waals surface area (Å²) < 4.78 is 10.7. The first-order valence-corrected chi connectivity index (χ1v) is 11.8. The average Bonchev–Trinajstić information content (AvgIpc) is 2.87. The Hall–Kier alpha value is -3.69. The molecule has 9 nitrogen and oxygen atoms in total. The molecule has 2 aromatic carbocycles. The molecule has 0 bridgehead atoms. The summed E-state index contributed by atoms with van der Waals surface area (Å²) in [7, 11) is 4.59. The number of amides is 2. The van der Waals surface area contributed by atoms with E-state index in [0.29, 0.717) is 35.4 Å². The van der Waals surface area contributed by atoms with Crippen molar-refractivity contribution >= 4 is 58.1 Å². The number of methoxy groups -OCH3 is 2. The average molecular weight is 529 g/mol. The summed E-state index contributed by atoms with van der Waals surface area (Å²) in [6, 6.07) is 7.12. The zero-order valence-corrected chi connectivity index (χ0v) is 21.9. The van der Waals surface area contributed by atoms with E-state index in [4.69, 9.17) is 32.7 Å². The molecule has 0 radical (unpaired) electrons. The summed E-state index contributed by atoms with van der Waals surface area (Å²) in [5.74, 6) is 1.51. The Bertz CT molecular complexity index is 1310. The highest BCUT2D eigenvalue weighted by molar-refractivity contribution is 6.42. The Balaban J connectivity index is 1.70. The number of anilines is 5. The molecule has 2 N–H and O–H groups in total. The summed E-state index contributed by atoms with van der Waals surface area (Å²) in [6.45, 7) is 6.51. The topological polar surface area (TPSA) is 91.9 Å². The van der Waals surface area contributed by atoms with E-state index < -0.39 is 0 Å². The highest BCUT2D eigenvalue weighted by Crippen LogP contribution is 2.47. The Kier molecular flexibility index (Phi) is 7.42. The van der Waals surface area contributed by atoms with Crippen LogP contribution >= 0.6 is 23.2 Å². The van der Waals surface area contributed by atoms with Gasteiger partial charge in [0, 0.05) is 31.4 Å². The van der Waals surface area contributed by atoms with Gasteiger partial charge in [0.25, 0.3) is 0 Å². The largest absolute Gasteiger partial charge is 0.495 e. The van der Waals surface area contributed by atoms with Crippen molar-refractivity contribution in [1.29, 1.82) is 0 Å². The van der Waals surface area contributed by atoms with Crippen LogP contribution in [0.15, 0.2) is 43.1 Å². The maximum absolute atomic E-state index is 13.4. The van der Waals surface area contributed by atoms with Crippen LogP contribution in [0, 0.1) is 6.92 Å². The second-order valence-electron chi connectivity index (χ2n) is 8.02. The molecular formula is C25H26Cl2N6O3. The Morgan fingerprint density at radius 2 is 1.89 bits per heavy atom. The van der Waals surface area contributed by atoms with E-state index in [1.165, 1.54) is 24.0 Å². The molecule has 188 valence electrons. The van der Waals surface area contributed by atoms with Crippen molar-refractivity contribution < 1.29 is 14.3 Å². The fourth-order valence-electron chi connectivity index (χ4n) is 3.93. The molecule has 2 heterocycles. The first-order chi connectivity index (χ1) is 17.3. The molecule has 4 rings (SSSR count). The molecular weight excluding hydrogens is 503 g/mol. The molecule has 11 heteroatoms. The number of nitrogens with zero attached hydrogens (tertiary/aromatic N) is 4. The molecule has 3 aromatic rings. The second kappa shape index (κ2) is 10.5. The predicted octanol–water partition coefficient (Wildman–Crippen LogP) is 6.03. The van der Waals surface area contributed by atoms with Gasteiger partial charge in [0.15, 0.2) is 0 Å². The number of carbonyl (C=O) groups is 1. The lowest BCUT2D eigenvalue weighted by Crippen LogP contribution is -2.46. The fraction of sp³-hybridized carbons (Fsp3) is 0.240. The van der Waals surface area contributed by atoms with Gasteiger partial charge in [0.2, 0.25) is 5.95 Å². The maximum Gasteiger partial charge on any atom is 0.330 e. The standard InChI is InChI=1S/C25H26Cl2N6O3/c1-6-10-28-16-9-7-8-14(2)21(16)30-24-29-12-15-13-33(25(34)32(3)23(15)31-24)22-19(26)17(35-4)11-18(36-5)20(22)27/h6-9,11-12,28H,1,10,13H2,2-5H3,(H,29,30,31). The molecule has 36 heavy (non-hydrogen) atoms. The number of carbonyl (C=O) groups excluding carboxylic acids is 1. The van der Waals surface area contributed by atoms with Crippen LogP contribution < -0.4 is 29.9 Å². The minimum absolute atomic E-state index is 0.158. The SMILES string of the molecule is C=CCNc1cccc(C)c1Nc1ncc2c(n1)N(C)C(=O)N(c1c(Cl)c(OC)cc(OC)c1Cl)C2. The van der Waals surface area contributed by atoms with Crippen LogP contribution in [0.25, 0.3) is 0 Å². The molecule has 0 unspecified atom stereocenters. The van der Waals surface area contributed by atoms with E-state index in [9.17, 15) is 4.79 Å². The number of fused-ring (bicyclic) bond motifs is 1. The van der Waals surface area contributed by atoms with Gasteiger partial charge in [-0.3, -0.25) is 9.80 Å². The molecule has 0 spiro atoms. The van der Waals surface area contributed by atoms with Crippen LogP contribution in [0.4, 0.5) is 33.6 Å². The summed E-state index contributed by atoms with van der Waals surface area (Å²) in [6.07, 6.45) is 3.46. The predicted molar refractivity (Wildman–Crippen MR) is 145 cm³/mol. The summed E-state index contributed by atoms with van der Waals surface area (Å²) in [4.78, 5) is 25.5. The lowest BCUT2D eigenvalue weighted by atomic mass is 10.1. The molecule has 2 amide bonds. The maximum atomic E-state index is 13.4. The third-order valence-corrected chi connectivity index (χ3v) is 6.50. The van der Waals surface area contributed by atoms with Gasteiger partial charge >= 0.3 is 6.03 Å². The Morgan fingerprint density at radius 1 is 1.19 bits per heavy atom.